The molecular weight excluding hydrogens is 316 g/mol. The van der Waals surface area contributed by atoms with E-state index in [1.807, 2.05) is 17.5 Å². The zero-order valence-corrected chi connectivity index (χ0v) is 13.9. The number of H-pyrrole nitrogens is 1. The van der Waals surface area contributed by atoms with Crippen molar-refractivity contribution < 1.29 is 19.8 Å². The third kappa shape index (κ3) is 6.92. The van der Waals surface area contributed by atoms with Crippen LogP contribution in [-0.2, 0) is 28.9 Å². The summed E-state index contributed by atoms with van der Waals surface area (Å²) in [7, 11) is 0. The van der Waals surface area contributed by atoms with Crippen LogP contribution < -0.4 is 0 Å². The average Bonchev–Trinajstić information content (AvgIpc) is 3.15. The monoisotopic (exact) mass is 336 g/mol. The lowest BCUT2D eigenvalue weighted by Gasteiger charge is -1.97. The standard InChI is InChI=1S/C12H16N2S.C4H4O4/c1-3-11-6-9(12(4-2)15-11)5-10-7-13-8-14-10;5-3(6)1-2-4(7)8/h6-8H,3-5H2,1-2H3,(H,13,14);1-2H,(H,5,6)(H,7,8)/b;2-1+. The van der Waals surface area contributed by atoms with E-state index in [1.54, 1.807) is 6.33 Å². The Hall–Kier alpha value is -2.41. The van der Waals surface area contributed by atoms with E-state index in [0.717, 1.165) is 25.0 Å². The van der Waals surface area contributed by atoms with Crippen LogP contribution in [0, 0.1) is 0 Å². The molecule has 0 radical (unpaired) electrons. The number of aromatic nitrogens is 2. The Bertz CT molecular complexity index is 644. The van der Waals surface area contributed by atoms with Crippen molar-refractivity contribution in [2.75, 3.05) is 0 Å². The molecule has 0 aliphatic carbocycles. The van der Waals surface area contributed by atoms with Crippen LogP contribution in [-0.4, -0.2) is 32.1 Å². The lowest BCUT2D eigenvalue weighted by atomic mass is 10.1. The summed E-state index contributed by atoms with van der Waals surface area (Å²) in [5.74, 6) is -2.51. The molecule has 0 amide bonds. The van der Waals surface area contributed by atoms with Gasteiger partial charge in [0, 0.05) is 34.5 Å². The first-order chi connectivity index (χ1) is 11.0. The van der Waals surface area contributed by atoms with E-state index in [0.29, 0.717) is 12.2 Å². The Morgan fingerprint density at radius 3 is 2.30 bits per heavy atom. The number of thiophene rings is 1. The average molecular weight is 336 g/mol. The summed E-state index contributed by atoms with van der Waals surface area (Å²) in [5.41, 5.74) is 2.58. The molecule has 0 atom stereocenters. The van der Waals surface area contributed by atoms with E-state index < -0.39 is 11.9 Å². The minimum atomic E-state index is -1.26. The van der Waals surface area contributed by atoms with Crippen LogP contribution in [0.2, 0.25) is 0 Å². The van der Waals surface area contributed by atoms with Gasteiger partial charge in [0.1, 0.15) is 0 Å². The highest BCUT2D eigenvalue weighted by Crippen LogP contribution is 2.25. The highest BCUT2D eigenvalue weighted by molar-refractivity contribution is 7.12. The van der Waals surface area contributed by atoms with E-state index in [2.05, 4.69) is 29.9 Å². The molecule has 0 aliphatic heterocycles. The zero-order chi connectivity index (χ0) is 17.2. The second kappa shape index (κ2) is 9.58. The van der Waals surface area contributed by atoms with Gasteiger partial charge in [0.2, 0.25) is 0 Å². The van der Waals surface area contributed by atoms with Crippen molar-refractivity contribution >= 4 is 23.3 Å². The van der Waals surface area contributed by atoms with Gasteiger partial charge in [-0.25, -0.2) is 14.6 Å². The number of nitrogens with one attached hydrogen (secondary N) is 1. The van der Waals surface area contributed by atoms with Gasteiger partial charge in [-0.05, 0) is 24.5 Å². The number of aryl methyl sites for hydroxylation is 2. The maximum Gasteiger partial charge on any atom is 0.328 e. The molecule has 0 aromatic carbocycles. The van der Waals surface area contributed by atoms with Crippen LogP contribution in [0.3, 0.4) is 0 Å². The number of rotatable bonds is 6. The normalized spacial score (nSPS) is 10.3. The molecule has 6 nitrogen and oxygen atoms in total. The minimum absolute atomic E-state index is 0.558. The maximum atomic E-state index is 9.55. The molecular formula is C16H20N2O4S. The number of aromatic amines is 1. The van der Waals surface area contributed by atoms with E-state index in [-0.39, 0.29) is 0 Å². The van der Waals surface area contributed by atoms with Crippen molar-refractivity contribution in [1.29, 1.82) is 0 Å². The van der Waals surface area contributed by atoms with Gasteiger partial charge in [-0.1, -0.05) is 13.8 Å². The fraction of sp³-hybridized carbons (Fsp3) is 0.312. The molecule has 3 N–H and O–H groups in total. The van der Waals surface area contributed by atoms with Gasteiger partial charge in [0.15, 0.2) is 0 Å². The fourth-order valence-corrected chi connectivity index (χ4v) is 2.94. The van der Waals surface area contributed by atoms with Crippen molar-refractivity contribution in [2.24, 2.45) is 0 Å². The molecule has 2 rings (SSSR count). The third-order valence-electron chi connectivity index (χ3n) is 2.91. The summed E-state index contributed by atoms with van der Waals surface area (Å²) in [6.07, 6.45) is 8.06. The van der Waals surface area contributed by atoms with Crippen molar-refractivity contribution in [2.45, 2.75) is 33.1 Å². The number of aliphatic carboxylic acids is 2. The summed E-state index contributed by atoms with van der Waals surface area (Å²) >= 11 is 1.94. The number of carboxylic acids is 2. The molecule has 0 bridgehead atoms. The predicted molar refractivity (Wildman–Crippen MR) is 88.9 cm³/mol. The zero-order valence-electron chi connectivity index (χ0n) is 13.1. The van der Waals surface area contributed by atoms with Gasteiger partial charge >= 0.3 is 11.9 Å². The molecule has 23 heavy (non-hydrogen) atoms. The van der Waals surface area contributed by atoms with Crippen LogP contribution in [0.4, 0.5) is 0 Å². The number of imidazole rings is 1. The second-order valence-electron chi connectivity index (χ2n) is 4.62. The smallest absolute Gasteiger partial charge is 0.328 e. The van der Waals surface area contributed by atoms with Crippen molar-refractivity contribution in [3.63, 3.8) is 0 Å². The van der Waals surface area contributed by atoms with Gasteiger partial charge in [0.25, 0.3) is 0 Å². The van der Waals surface area contributed by atoms with Gasteiger partial charge in [0.05, 0.1) is 12.0 Å². The molecule has 0 spiro atoms. The summed E-state index contributed by atoms with van der Waals surface area (Å²) in [5, 5.41) is 15.6. The molecule has 0 aliphatic rings. The molecule has 2 aromatic heterocycles. The van der Waals surface area contributed by atoms with Crippen molar-refractivity contribution in [1.82, 2.24) is 9.97 Å². The van der Waals surface area contributed by atoms with Crippen LogP contribution in [0.5, 0.6) is 0 Å². The summed E-state index contributed by atoms with van der Waals surface area (Å²) in [6.45, 7) is 4.43. The van der Waals surface area contributed by atoms with Crippen LogP contribution in [0.15, 0.2) is 30.7 Å². The Morgan fingerprint density at radius 1 is 1.22 bits per heavy atom. The van der Waals surface area contributed by atoms with E-state index in [9.17, 15) is 9.59 Å². The van der Waals surface area contributed by atoms with Crippen molar-refractivity contribution in [3.05, 3.63) is 51.8 Å². The Kier molecular flexibility index (Phi) is 7.76. The summed E-state index contributed by atoms with van der Waals surface area (Å²) in [4.78, 5) is 29.4. The fourth-order valence-electron chi connectivity index (χ4n) is 1.88. The molecule has 0 fully saturated rings. The topological polar surface area (TPSA) is 103 Å². The van der Waals surface area contributed by atoms with Crippen LogP contribution in [0.1, 0.15) is 34.9 Å². The van der Waals surface area contributed by atoms with Gasteiger partial charge in [-0.15, -0.1) is 11.3 Å². The van der Waals surface area contributed by atoms with Gasteiger partial charge in [-0.2, -0.15) is 0 Å². The molecule has 2 aromatic rings. The molecule has 2 heterocycles. The predicted octanol–water partition coefficient (Wildman–Crippen LogP) is 2.90. The highest BCUT2D eigenvalue weighted by Gasteiger charge is 2.08. The first-order valence-electron chi connectivity index (χ1n) is 7.18. The highest BCUT2D eigenvalue weighted by atomic mass is 32.1. The number of carboxylic acid groups (broad SMARTS) is 2. The number of hydrogen-bond donors (Lipinski definition) is 3. The number of hydrogen-bond acceptors (Lipinski definition) is 4. The number of nitrogens with zero attached hydrogens (tertiary/aromatic N) is 1. The number of carbonyl (C=O) groups is 2. The Morgan fingerprint density at radius 2 is 1.87 bits per heavy atom. The Labute approximate surface area is 138 Å². The summed E-state index contributed by atoms with van der Waals surface area (Å²) in [6, 6.07) is 2.33. The quantitative estimate of drug-likeness (QED) is 0.704. The van der Waals surface area contributed by atoms with Crippen LogP contribution in [0.25, 0.3) is 0 Å². The van der Waals surface area contributed by atoms with Gasteiger partial charge < -0.3 is 15.2 Å². The molecule has 124 valence electrons. The Balaban J connectivity index is 0.000000284. The SMILES string of the molecule is CCc1cc(Cc2c[nH]cn2)c(CC)s1.O=C(O)/C=C/C(=O)O. The van der Waals surface area contributed by atoms with Crippen LogP contribution >= 0.6 is 11.3 Å². The first kappa shape index (κ1) is 18.6. The first-order valence-corrected chi connectivity index (χ1v) is 7.99. The molecule has 7 heteroatoms. The third-order valence-corrected chi connectivity index (χ3v) is 4.38. The van der Waals surface area contributed by atoms with E-state index >= 15 is 0 Å². The van der Waals surface area contributed by atoms with Gasteiger partial charge in [-0.3, -0.25) is 0 Å². The van der Waals surface area contributed by atoms with E-state index in [4.69, 9.17) is 10.2 Å². The van der Waals surface area contributed by atoms with E-state index in [1.165, 1.54) is 15.3 Å². The maximum absolute atomic E-state index is 9.55. The largest absolute Gasteiger partial charge is 0.478 e. The molecule has 0 saturated heterocycles. The lowest BCUT2D eigenvalue weighted by Crippen LogP contribution is -1.91. The van der Waals surface area contributed by atoms with Crippen molar-refractivity contribution in [3.8, 4) is 0 Å². The summed E-state index contributed by atoms with van der Waals surface area (Å²) < 4.78 is 0. The molecule has 0 unspecified atom stereocenters. The second-order valence-corrected chi connectivity index (χ2v) is 5.84. The molecule has 0 saturated carbocycles. The lowest BCUT2D eigenvalue weighted by molar-refractivity contribution is -0.134. The minimum Gasteiger partial charge on any atom is -0.478 e.